The molecule has 0 fully saturated rings. The average Bonchev–Trinajstić information content (AvgIpc) is 2.47. The fourth-order valence-corrected chi connectivity index (χ4v) is 2.61. The summed E-state index contributed by atoms with van der Waals surface area (Å²) in [6.07, 6.45) is 0.393. The van der Waals surface area contributed by atoms with Gasteiger partial charge in [-0.2, -0.15) is 0 Å². The summed E-state index contributed by atoms with van der Waals surface area (Å²) in [5.74, 6) is 1.83. The first-order chi connectivity index (χ1) is 10.8. The van der Waals surface area contributed by atoms with Gasteiger partial charge in [0, 0.05) is 5.41 Å². The highest BCUT2D eigenvalue weighted by molar-refractivity contribution is 5.41. The van der Waals surface area contributed by atoms with Crippen molar-refractivity contribution in [1.29, 1.82) is 0 Å². The molecule has 0 atom stereocenters. The van der Waals surface area contributed by atoms with Crippen molar-refractivity contribution in [3.63, 3.8) is 0 Å². The smallest absolute Gasteiger partial charge is 0.119 e. The highest BCUT2D eigenvalue weighted by atomic mass is 16.5. The lowest BCUT2D eigenvalue weighted by atomic mass is 9.78. The van der Waals surface area contributed by atoms with Crippen LogP contribution in [0.1, 0.15) is 60.1 Å². The van der Waals surface area contributed by atoms with Crippen LogP contribution in [0.3, 0.4) is 0 Å². The van der Waals surface area contributed by atoms with Gasteiger partial charge in [-0.05, 0) is 63.1 Å². The maximum Gasteiger partial charge on any atom is 0.119 e. The van der Waals surface area contributed by atoms with E-state index in [-0.39, 0.29) is 25.0 Å². The molecule has 0 aliphatic heterocycles. The molecule has 24 heavy (non-hydrogen) atoms. The quantitative estimate of drug-likeness (QED) is 0.626. The minimum absolute atomic E-state index is 0. The Bertz CT molecular complexity index is 552. The second kappa shape index (κ2) is 8.23. The van der Waals surface area contributed by atoms with Crippen molar-refractivity contribution < 1.29 is 9.47 Å². The van der Waals surface area contributed by atoms with Gasteiger partial charge in [-0.15, -0.1) is 0 Å². The van der Waals surface area contributed by atoms with E-state index in [2.05, 4.69) is 38.1 Å². The molecule has 2 aromatic rings. The predicted molar refractivity (Wildman–Crippen MR) is 103 cm³/mol. The molecule has 0 bridgehead atoms. The molecule has 0 N–H and O–H groups in total. The lowest BCUT2D eigenvalue weighted by molar-refractivity contribution is 0.242. The van der Waals surface area contributed by atoms with Gasteiger partial charge in [-0.3, -0.25) is 0 Å². The van der Waals surface area contributed by atoms with E-state index in [4.69, 9.17) is 9.47 Å². The summed E-state index contributed by atoms with van der Waals surface area (Å²) < 4.78 is 11.4. The zero-order valence-electron chi connectivity index (χ0n) is 15.1. The van der Waals surface area contributed by atoms with Gasteiger partial charge in [0.2, 0.25) is 0 Å². The predicted octanol–water partition coefficient (Wildman–Crippen LogP) is 6.22. The fourth-order valence-electron chi connectivity index (χ4n) is 2.61. The van der Waals surface area contributed by atoms with Crippen molar-refractivity contribution in [1.82, 2.24) is 0 Å². The maximum absolute atomic E-state index is 5.72. The molecule has 0 aromatic heterocycles. The van der Waals surface area contributed by atoms with E-state index in [1.54, 1.807) is 0 Å². The topological polar surface area (TPSA) is 18.5 Å². The van der Waals surface area contributed by atoms with Crippen LogP contribution in [0.15, 0.2) is 48.5 Å². The molecule has 0 saturated heterocycles. The zero-order chi connectivity index (χ0) is 17.0. The summed E-state index contributed by atoms with van der Waals surface area (Å²) in [7, 11) is 0. The summed E-state index contributed by atoms with van der Waals surface area (Å²) in [4.78, 5) is 0. The Hall–Kier alpha value is -1.96. The summed E-state index contributed by atoms with van der Waals surface area (Å²) in [6.45, 7) is 12.6. The molecule has 0 amide bonds. The van der Waals surface area contributed by atoms with E-state index >= 15 is 0 Å². The van der Waals surface area contributed by atoms with E-state index in [1.807, 2.05) is 52.0 Å². The molecule has 0 spiro atoms. The van der Waals surface area contributed by atoms with Gasteiger partial charge in [0.05, 0.1) is 12.2 Å². The number of rotatable bonds is 6. The SMILES string of the molecule is C.CC(C)Oc1ccc(C(C)(C)c2ccc(OC(C)C)cc2)cc1. The summed E-state index contributed by atoms with van der Waals surface area (Å²) in [5, 5.41) is 0. The Morgan fingerprint density at radius 2 is 0.917 bits per heavy atom. The molecule has 2 rings (SSSR count). The van der Waals surface area contributed by atoms with Crippen LogP contribution in [0.25, 0.3) is 0 Å². The minimum atomic E-state index is -0.0628. The van der Waals surface area contributed by atoms with Gasteiger partial charge in [0.25, 0.3) is 0 Å². The molecular formula is C22H32O2. The summed E-state index contributed by atoms with van der Waals surface area (Å²) >= 11 is 0. The second-order valence-electron chi connectivity index (χ2n) is 7.01. The first-order valence-corrected chi connectivity index (χ1v) is 8.33. The summed E-state index contributed by atoms with van der Waals surface area (Å²) in [5.41, 5.74) is 2.48. The third kappa shape index (κ3) is 5.02. The highest BCUT2D eigenvalue weighted by Crippen LogP contribution is 2.33. The molecule has 0 aliphatic rings. The zero-order valence-corrected chi connectivity index (χ0v) is 15.1. The molecule has 2 heteroatoms. The first kappa shape index (κ1) is 20.1. The number of ether oxygens (including phenoxy) is 2. The molecule has 0 saturated carbocycles. The third-order valence-electron chi connectivity index (χ3n) is 3.90. The van der Waals surface area contributed by atoms with Crippen LogP contribution < -0.4 is 9.47 Å². The van der Waals surface area contributed by atoms with Crippen LogP contribution in [0.5, 0.6) is 11.5 Å². The molecule has 2 nitrogen and oxygen atoms in total. The Kier molecular flexibility index (Phi) is 6.89. The normalized spacial score (nSPS) is 11.3. The van der Waals surface area contributed by atoms with Crippen molar-refractivity contribution >= 4 is 0 Å². The van der Waals surface area contributed by atoms with Crippen molar-refractivity contribution in [3.05, 3.63) is 59.7 Å². The third-order valence-corrected chi connectivity index (χ3v) is 3.90. The average molecular weight is 328 g/mol. The number of hydrogen-bond donors (Lipinski definition) is 0. The van der Waals surface area contributed by atoms with Gasteiger partial charge in [0.15, 0.2) is 0 Å². The van der Waals surface area contributed by atoms with E-state index < -0.39 is 0 Å². The van der Waals surface area contributed by atoms with Gasteiger partial charge >= 0.3 is 0 Å². The lowest BCUT2D eigenvalue weighted by Crippen LogP contribution is -2.19. The van der Waals surface area contributed by atoms with Gasteiger partial charge in [0.1, 0.15) is 11.5 Å². The van der Waals surface area contributed by atoms with Crippen molar-refractivity contribution in [2.24, 2.45) is 0 Å². The first-order valence-electron chi connectivity index (χ1n) is 8.33. The lowest BCUT2D eigenvalue weighted by Gasteiger charge is -2.26. The van der Waals surface area contributed by atoms with Gasteiger partial charge in [-0.1, -0.05) is 45.5 Å². The molecule has 0 heterocycles. The molecule has 132 valence electrons. The molecule has 0 unspecified atom stereocenters. The number of hydrogen-bond acceptors (Lipinski definition) is 2. The molecule has 0 radical (unpaired) electrons. The fraction of sp³-hybridized carbons (Fsp3) is 0.455. The Labute approximate surface area is 147 Å². The van der Waals surface area contributed by atoms with E-state index in [1.165, 1.54) is 11.1 Å². The van der Waals surface area contributed by atoms with Crippen LogP contribution in [-0.4, -0.2) is 12.2 Å². The van der Waals surface area contributed by atoms with Crippen molar-refractivity contribution in [2.45, 2.75) is 66.6 Å². The van der Waals surface area contributed by atoms with E-state index in [9.17, 15) is 0 Å². The van der Waals surface area contributed by atoms with Crippen LogP contribution in [0.2, 0.25) is 0 Å². The molecule has 0 aliphatic carbocycles. The largest absolute Gasteiger partial charge is 0.491 e. The monoisotopic (exact) mass is 328 g/mol. The van der Waals surface area contributed by atoms with Gasteiger partial charge < -0.3 is 9.47 Å². The maximum atomic E-state index is 5.72. The molecular weight excluding hydrogens is 296 g/mol. The summed E-state index contributed by atoms with van der Waals surface area (Å²) in [6, 6.07) is 16.8. The molecule has 2 aromatic carbocycles. The van der Waals surface area contributed by atoms with Crippen molar-refractivity contribution in [3.8, 4) is 11.5 Å². The van der Waals surface area contributed by atoms with Gasteiger partial charge in [-0.25, -0.2) is 0 Å². The Morgan fingerprint density at radius 1 is 0.625 bits per heavy atom. The van der Waals surface area contributed by atoms with Crippen LogP contribution >= 0.6 is 0 Å². The van der Waals surface area contributed by atoms with Crippen LogP contribution in [0, 0.1) is 0 Å². The van der Waals surface area contributed by atoms with E-state index in [0.29, 0.717) is 0 Å². The Morgan fingerprint density at radius 3 is 1.17 bits per heavy atom. The van der Waals surface area contributed by atoms with Crippen LogP contribution in [-0.2, 0) is 5.41 Å². The minimum Gasteiger partial charge on any atom is -0.491 e. The van der Waals surface area contributed by atoms with Crippen LogP contribution in [0.4, 0.5) is 0 Å². The number of benzene rings is 2. The Balaban J connectivity index is 0.00000288. The van der Waals surface area contributed by atoms with E-state index in [0.717, 1.165) is 11.5 Å². The standard InChI is InChI=1S/C21H28O2.CH4/c1-15(2)22-19-11-7-17(8-12-19)21(5,6)18-9-13-20(14-10-18)23-16(3)4;/h7-16H,1-6H3;1H4. The highest BCUT2D eigenvalue weighted by Gasteiger charge is 2.23. The second-order valence-corrected chi connectivity index (χ2v) is 7.01. The van der Waals surface area contributed by atoms with Crippen molar-refractivity contribution in [2.75, 3.05) is 0 Å².